The third kappa shape index (κ3) is 4.42. The molecule has 0 radical (unpaired) electrons. The van der Waals surface area contributed by atoms with Crippen molar-refractivity contribution in [2.45, 2.75) is 85.5 Å². The van der Waals surface area contributed by atoms with Crippen LogP contribution in [0.2, 0.25) is 0 Å². The molecule has 2 bridgehead atoms. The lowest BCUT2D eigenvalue weighted by molar-refractivity contribution is -0.191. The molecule has 1 aliphatic carbocycles. The van der Waals surface area contributed by atoms with Crippen molar-refractivity contribution in [3.63, 3.8) is 0 Å². The van der Waals surface area contributed by atoms with Gasteiger partial charge in [-0.1, -0.05) is 71.4 Å². The van der Waals surface area contributed by atoms with Crippen molar-refractivity contribution in [3.8, 4) is 5.75 Å². The number of hydrogen-bond acceptors (Lipinski definition) is 7. The first-order valence-corrected chi connectivity index (χ1v) is 13.8. The summed E-state index contributed by atoms with van der Waals surface area (Å²) in [5, 5.41) is 0. The molecule has 2 fully saturated rings. The Morgan fingerprint density at radius 1 is 1.21 bits per heavy atom. The molecule has 4 rings (SSSR count). The van der Waals surface area contributed by atoms with Crippen LogP contribution >= 0.6 is 0 Å². The Balaban J connectivity index is 1.68. The number of carbonyl (C=O) groups excluding carboxylic acids is 2. The van der Waals surface area contributed by atoms with Crippen LogP contribution in [0.25, 0.3) is 0 Å². The van der Waals surface area contributed by atoms with E-state index in [2.05, 4.69) is 19.9 Å². The van der Waals surface area contributed by atoms with E-state index in [1.165, 1.54) is 13.3 Å². The maximum Gasteiger partial charge on any atom is 0.351 e. The molecular formula is C31H41NO7. The highest BCUT2D eigenvalue weighted by molar-refractivity contribution is 5.93. The molecule has 0 spiro atoms. The summed E-state index contributed by atoms with van der Waals surface area (Å²) in [6.45, 7) is 13.8. The molecule has 6 atom stereocenters. The maximum absolute atomic E-state index is 13.9. The number of esters is 2. The fraction of sp³-hybridized carbons (Fsp3) is 0.581. The van der Waals surface area contributed by atoms with E-state index in [1.54, 1.807) is 6.07 Å². The predicted octanol–water partition coefficient (Wildman–Crippen LogP) is 5.11. The number of fused-ring (bicyclic) bond motifs is 3. The minimum atomic E-state index is -1.41. The molecule has 1 aromatic heterocycles. The minimum Gasteiger partial charge on any atom is -0.485 e. The molecule has 0 aromatic carbocycles. The molecule has 0 N–H and O–H groups in total. The van der Waals surface area contributed by atoms with E-state index in [0.29, 0.717) is 24.5 Å². The number of nitrogens with zero attached hydrogens (tertiary/aromatic N) is 1. The standard InChI is InChI=1S/C31H41NO7/c1-9-19(2)13-11-10-12-14-20(3)24-21(4)25(23-22(37-24)15-18-32(36-8)26(23)33)38-28(35)31-17-16-30(7,27(34)39-31)29(31,5)6/h10-15,18-19,21,24-25H,9,16-17H2,1-8H3/b12-10+,13-11+,20-14+/t19-,21-,24-,25-,30+,31-/m1/s1. The molecule has 39 heavy (non-hydrogen) atoms. The third-order valence-corrected chi connectivity index (χ3v) is 9.51. The lowest BCUT2D eigenvalue weighted by Crippen LogP contribution is -2.51. The zero-order chi connectivity index (χ0) is 28.8. The van der Waals surface area contributed by atoms with Gasteiger partial charge in [-0.3, -0.25) is 9.59 Å². The fourth-order valence-corrected chi connectivity index (χ4v) is 6.03. The first-order valence-electron chi connectivity index (χ1n) is 13.8. The smallest absolute Gasteiger partial charge is 0.351 e. The lowest BCUT2D eigenvalue weighted by Gasteiger charge is -2.40. The first kappa shape index (κ1) is 28.7. The summed E-state index contributed by atoms with van der Waals surface area (Å²) < 4.78 is 19.3. The SMILES string of the molecule is CC[C@@H](C)/C=C/C=C/C=C(\C)[C@H]1Oc2ccn(OC)c(=O)c2[C@H](OC(=O)[C@@]23CC[C@@](C)(C(=O)O2)C3(C)C)[C@@H]1C. The van der Waals surface area contributed by atoms with Crippen LogP contribution in [0, 0.1) is 22.7 Å². The van der Waals surface area contributed by atoms with Gasteiger partial charge in [0.15, 0.2) is 0 Å². The van der Waals surface area contributed by atoms with Gasteiger partial charge in [0.25, 0.3) is 5.56 Å². The van der Waals surface area contributed by atoms with Crippen LogP contribution in [0.15, 0.2) is 53.0 Å². The van der Waals surface area contributed by atoms with E-state index in [9.17, 15) is 14.4 Å². The number of rotatable bonds is 8. The van der Waals surface area contributed by atoms with E-state index in [-0.39, 0.29) is 11.5 Å². The number of ether oxygens (including phenoxy) is 3. The molecule has 2 aliphatic heterocycles. The van der Waals surface area contributed by atoms with Crippen LogP contribution in [0.3, 0.4) is 0 Å². The van der Waals surface area contributed by atoms with Gasteiger partial charge in [-0.05, 0) is 38.2 Å². The first-order chi connectivity index (χ1) is 18.3. The minimum absolute atomic E-state index is 0.204. The van der Waals surface area contributed by atoms with Gasteiger partial charge in [0.2, 0.25) is 5.60 Å². The Morgan fingerprint density at radius 2 is 1.92 bits per heavy atom. The van der Waals surface area contributed by atoms with Crippen LogP contribution in [-0.4, -0.2) is 35.5 Å². The molecule has 3 aliphatic rings. The average molecular weight is 540 g/mol. The molecule has 1 aromatic rings. The average Bonchev–Trinajstić information content (AvgIpc) is 3.20. The lowest BCUT2D eigenvalue weighted by atomic mass is 9.66. The van der Waals surface area contributed by atoms with Crippen LogP contribution in [-0.2, 0) is 19.1 Å². The summed E-state index contributed by atoms with van der Waals surface area (Å²) in [4.78, 5) is 45.2. The zero-order valence-corrected chi connectivity index (χ0v) is 24.3. The van der Waals surface area contributed by atoms with Gasteiger partial charge in [-0.25, -0.2) is 4.79 Å². The second-order valence-electron chi connectivity index (χ2n) is 11.9. The molecule has 212 valence electrons. The summed E-state index contributed by atoms with van der Waals surface area (Å²) in [7, 11) is 1.39. The largest absolute Gasteiger partial charge is 0.485 e. The monoisotopic (exact) mass is 539 g/mol. The number of hydrogen-bond donors (Lipinski definition) is 0. The van der Waals surface area contributed by atoms with Crippen LogP contribution in [0.4, 0.5) is 0 Å². The van der Waals surface area contributed by atoms with Gasteiger partial charge in [0.1, 0.15) is 30.6 Å². The van der Waals surface area contributed by atoms with Crippen molar-refractivity contribution in [1.82, 2.24) is 4.73 Å². The van der Waals surface area contributed by atoms with Gasteiger partial charge in [0.05, 0.1) is 11.6 Å². The van der Waals surface area contributed by atoms with Gasteiger partial charge in [-0.15, -0.1) is 0 Å². The highest BCUT2D eigenvalue weighted by atomic mass is 16.7. The van der Waals surface area contributed by atoms with Crippen LogP contribution in [0.1, 0.15) is 79.4 Å². The summed E-state index contributed by atoms with van der Waals surface area (Å²) >= 11 is 0. The van der Waals surface area contributed by atoms with E-state index in [0.717, 1.165) is 16.7 Å². The van der Waals surface area contributed by atoms with Crippen LogP contribution in [0.5, 0.6) is 5.75 Å². The van der Waals surface area contributed by atoms with Gasteiger partial charge in [0, 0.05) is 17.4 Å². The van der Waals surface area contributed by atoms with Crippen molar-refractivity contribution in [1.29, 1.82) is 0 Å². The van der Waals surface area contributed by atoms with E-state index in [1.807, 2.05) is 58.9 Å². The Kier molecular flexibility index (Phi) is 7.63. The molecule has 1 saturated heterocycles. The zero-order valence-electron chi connectivity index (χ0n) is 24.3. The number of carbonyl (C=O) groups is 2. The van der Waals surface area contributed by atoms with Crippen molar-refractivity contribution >= 4 is 11.9 Å². The summed E-state index contributed by atoms with van der Waals surface area (Å²) in [5.41, 5.74) is -2.29. The predicted molar refractivity (Wildman–Crippen MR) is 147 cm³/mol. The van der Waals surface area contributed by atoms with E-state index in [4.69, 9.17) is 19.0 Å². The van der Waals surface area contributed by atoms with Crippen molar-refractivity contribution in [2.24, 2.45) is 22.7 Å². The van der Waals surface area contributed by atoms with Crippen molar-refractivity contribution < 1.29 is 28.6 Å². The summed E-state index contributed by atoms with van der Waals surface area (Å²) in [6, 6.07) is 1.64. The highest BCUT2D eigenvalue weighted by Crippen LogP contribution is 2.66. The molecule has 0 unspecified atom stereocenters. The number of pyridine rings is 1. The molecule has 8 nitrogen and oxygen atoms in total. The maximum atomic E-state index is 13.9. The van der Waals surface area contributed by atoms with Crippen molar-refractivity contribution in [3.05, 3.63) is 64.1 Å². The second-order valence-corrected chi connectivity index (χ2v) is 11.9. The molecule has 8 heteroatoms. The topological polar surface area (TPSA) is 93.1 Å². The van der Waals surface area contributed by atoms with Gasteiger partial charge >= 0.3 is 11.9 Å². The Labute approximate surface area is 230 Å². The summed E-state index contributed by atoms with van der Waals surface area (Å²) in [5.74, 6) is -0.588. The van der Waals surface area contributed by atoms with Crippen molar-refractivity contribution in [2.75, 3.05) is 7.11 Å². The molecule has 3 heterocycles. The Hall–Kier alpha value is -3.29. The van der Waals surface area contributed by atoms with Gasteiger partial charge < -0.3 is 19.0 Å². The van der Waals surface area contributed by atoms with Gasteiger partial charge in [-0.2, -0.15) is 4.73 Å². The second kappa shape index (κ2) is 10.4. The number of aromatic nitrogens is 1. The Bertz CT molecular complexity index is 1290. The quantitative estimate of drug-likeness (QED) is 0.335. The van der Waals surface area contributed by atoms with Crippen LogP contribution < -0.4 is 15.1 Å². The van der Waals surface area contributed by atoms with E-state index >= 15 is 0 Å². The normalized spacial score (nSPS) is 32.2. The molecule has 0 amide bonds. The molecule has 1 saturated carbocycles. The number of allylic oxidation sites excluding steroid dienone is 5. The fourth-order valence-electron chi connectivity index (χ4n) is 6.03. The third-order valence-electron chi connectivity index (χ3n) is 9.51. The summed E-state index contributed by atoms with van der Waals surface area (Å²) in [6.07, 6.45) is 12.1. The molecular weight excluding hydrogens is 498 g/mol. The highest BCUT2D eigenvalue weighted by Gasteiger charge is 2.76. The Morgan fingerprint density at radius 3 is 2.51 bits per heavy atom. The van der Waals surface area contributed by atoms with E-state index < -0.39 is 46.1 Å².